The maximum Gasteiger partial charge on any atom is 0.253 e. The van der Waals surface area contributed by atoms with Gasteiger partial charge in [0, 0.05) is 31.8 Å². The Hall–Kier alpha value is -2.17. The van der Waals surface area contributed by atoms with Crippen molar-refractivity contribution in [2.75, 3.05) is 32.8 Å². The number of rotatable bonds is 7. The van der Waals surface area contributed by atoms with E-state index in [0.29, 0.717) is 5.92 Å². The molecule has 0 spiro atoms. The molecule has 0 bridgehead atoms. The molecule has 4 nitrogen and oxygen atoms in total. The minimum Gasteiger partial charge on any atom is -0.376 e. The molecule has 2 aliphatic rings. The predicted molar refractivity (Wildman–Crippen MR) is 125 cm³/mol. The first kappa shape index (κ1) is 22.0. The van der Waals surface area contributed by atoms with E-state index in [4.69, 9.17) is 4.74 Å². The molecule has 166 valence electrons. The van der Waals surface area contributed by atoms with Crippen LogP contribution in [0.25, 0.3) is 0 Å². The summed E-state index contributed by atoms with van der Waals surface area (Å²) in [6.45, 7) is 9.86. The van der Waals surface area contributed by atoms with Gasteiger partial charge >= 0.3 is 0 Å². The Morgan fingerprint density at radius 2 is 1.84 bits per heavy atom. The van der Waals surface area contributed by atoms with Gasteiger partial charge in [-0.05, 0) is 81.8 Å². The summed E-state index contributed by atoms with van der Waals surface area (Å²) in [5.74, 6) is 0.713. The number of aryl methyl sites for hydroxylation is 2. The summed E-state index contributed by atoms with van der Waals surface area (Å²) < 4.78 is 5.87. The Morgan fingerprint density at radius 1 is 1.03 bits per heavy atom. The van der Waals surface area contributed by atoms with Crippen molar-refractivity contribution in [2.24, 2.45) is 5.92 Å². The van der Waals surface area contributed by atoms with Crippen LogP contribution in [0.2, 0.25) is 0 Å². The molecule has 0 aliphatic carbocycles. The number of amides is 1. The van der Waals surface area contributed by atoms with Crippen LogP contribution in [0, 0.1) is 19.8 Å². The SMILES string of the molecule is Cc1cccc(C(=O)N(CC2CCN(Cc3ccccc3C)CC2)C[C@H]2CCCO2)c1. The van der Waals surface area contributed by atoms with Crippen molar-refractivity contribution in [1.82, 2.24) is 9.80 Å². The van der Waals surface area contributed by atoms with Crippen LogP contribution in [0.4, 0.5) is 0 Å². The maximum atomic E-state index is 13.4. The summed E-state index contributed by atoms with van der Waals surface area (Å²) >= 11 is 0. The highest BCUT2D eigenvalue weighted by molar-refractivity contribution is 5.94. The van der Waals surface area contributed by atoms with Crippen LogP contribution in [0.15, 0.2) is 48.5 Å². The molecule has 2 heterocycles. The van der Waals surface area contributed by atoms with E-state index in [2.05, 4.69) is 41.0 Å². The summed E-state index contributed by atoms with van der Waals surface area (Å²) in [6, 6.07) is 16.7. The molecule has 0 N–H and O–H groups in total. The molecular weight excluding hydrogens is 384 g/mol. The quantitative estimate of drug-likeness (QED) is 0.643. The van der Waals surface area contributed by atoms with Crippen molar-refractivity contribution in [3.05, 3.63) is 70.8 Å². The lowest BCUT2D eigenvalue weighted by Crippen LogP contribution is -2.43. The van der Waals surface area contributed by atoms with Crippen LogP contribution in [-0.4, -0.2) is 54.6 Å². The Morgan fingerprint density at radius 3 is 2.55 bits per heavy atom. The summed E-state index contributed by atoms with van der Waals surface area (Å²) in [7, 11) is 0. The topological polar surface area (TPSA) is 32.8 Å². The van der Waals surface area contributed by atoms with Gasteiger partial charge in [0.1, 0.15) is 0 Å². The minimum atomic E-state index is 0.154. The molecule has 31 heavy (non-hydrogen) atoms. The predicted octanol–water partition coefficient (Wildman–Crippen LogP) is 4.84. The molecule has 1 atom stereocenters. The first-order valence-electron chi connectivity index (χ1n) is 11.8. The normalized spacial score (nSPS) is 20.1. The van der Waals surface area contributed by atoms with Crippen LogP contribution in [0.3, 0.4) is 0 Å². The van der Waals surface area contributed by atoms with Gasteiger partial charge in [-0.25, -0.2) is 0 Å². The molecule has 4 heteroatoms. The third-order valence-electron chi connectivity index (χ3n) is 6.84. The molecule has 2 aromatic rings. The van der Waals surface area contributed by atoms with Crippen molar-refractivity contribution in [2.45, 2.75) is 52.2 Å². The smallest absolute Gasteiger partial charge is 0.253 e. The Labute approximate surface area is 187 Å². The highest BCUT2D eigenvalue weighted by atomic mass is 16.5. The van der Waals surface area contributed by atoms with Crippen LogP contribution in [0.1, 0.15) is 52.7 Å². The van der Waals surface area contributed by atoms with Gasteiger partial charge in [-0.3, -0.25) is 9.69 Å². The zero-order valence-corrected chi connectivity index (χ0v) is 19.1. The van der Waals surface area contributed by atoms with Crippen molar-refractivity contribution in [1.29, 1.82) is 0 Å². The van der Waals surface area contributed by atoms with E-state index in [9.17, 15) is 4.79 Å². The fourth-order valence-corrected chi connectivity index (χ4v) is 4.90. The second kappa shape index (κ2) is 10.4. The third kappa shape index (κ3) is 5.96. The van der Waals surface area contributed by atoms with Gasteiger partial charge in [0.05, 0.1) is 6.10 Å². The number of nitrogens with zero attached hydrogens (tertiary/aromatic N) is 2. The first-order valence-corrected chi connectivity index (χ1v) is 11.8. The Balaban J connectivity index is 1.36. The van der Waals surface area contributed by atoms with Crippen LogP contribution >= 0.6 is 0 Å². The van der Waals surface area contributed by atoms with Gasteiger partial charge in [0.25, 0.3) is 5.91 Å². The number of hydrogen-bond acceptors (Lipinski definition) is 3. The lowest BCUT2D eigenvalue weighted by Gasteiger charge is -2.36. The third-order valence-corrected chi connectivity index (χ3v) is 6.84. The summed E-state index contributed by atoms with van der Waals surface area (Å²) in [5, 5.41) is 0. The van der Waals surface area contributed by atoms with E-state index >= 15 is 0 Å². The van der Waals surface area contributed by atoms with Gasteiger partial charge in [-0.1, -0.05) is 42.0 Å². The Kier molecular flexibility index (Phi) is 7.41. The van der Waals surface area contributed by atoms with E-state index in [0.717, 1.165) is 76.1 Å². The molecule has 0 radical (unpaired) electrons. The molecule has 2 aromatic carbocycles. The minimum absolute atomic E-state index is 0.154. The molecule has 2 fully saturated rings. The standard InChI is InChI=1S/C27H36N2O2/c1-21-7-5-10-24(17-21)27(30)29(20-26-11-6-16-31-26)18-23-12-14-28(15-13-23)19-25-9-4-3-8-22(25)2/h3-5,7-10,17,23,26H,6,11-16,18-20H2,1-2H3/t26-/m1/s1. The number of likely N-dealkylation sites (tertiary alicyclic amines) is 1. The van der Waals surface area contributed by atoms with Gasteiger partial charge in [-0.15, -0.1) is 0 Å². The highest BCUT2D eigenvalue weighted by Crippen LogP contribution is 2.23. The largest absolute Gasteiger partial charge is 0.376 e. The molecule has 0 unspecified atom stereocenters. The molecule has 0 aromatic heterocycles. The van der Waals surface area contributed by atoms with E-state index in [1.54, 1.807) is 0 Å². The lowest BCUT2D eigenvalue weighted by atomic mass is 9.95. The second-order valence-electron chi connectivity index (χ2n) is 9.36. The maximum absolute atomic E-state index is 13.4. The van der Waals surface area contributed by atoms with E-state index in [1.165, 1.54) is 11.1 Å². The zero-order valence-electron chi connectivity index (χ0n) is 19.1. The summed E-state index contributed by atoms with van der Waals surface area (Å²) in [4.78, 5) is 18.0. The first-order chi connectivity index (χ1) is 15.1. The zero-order chi connectivity index (χ0) is 21.6. The lowest BCUT2D eigenvalue weighted by molar-refractivity contribution is 0.0444. The second-order valence-corrected chi connectivity index (χ2v) is 9.36. The molecule has 4 rings (SSSR count). The van der Waals surface area contributed by atoms with Gasteiger partial charge in [0.15, 0.2) is 0 Å². The van der Waals surface area contributed by atoms with Gasteiger partial charge < -0.3 is 9.64 Å². The number of ether oxygens (including phenoxy) is 1. The number of benzene rings is 2. The highest BCUT2D eigenvalue weighted by Gasteiger charge is 2.28. The van der Waals surface area contributed by atoms with Crippen molar-refractivity contribution in [3.8, 4) is 0 Å². The monoisotopic (exact) mass is 420 g/mol. The van der Waals surface area contributed by atoms with Crippen LogP contribution in [-0.2, 0) is 11.3 Å². The Bertz CT molecular complexity index is 867. The van der Waals surface area contributed by atoms with Crippen LogP contribution < -0.4 is 0 Å². The average Bonchev–Trinajstić information content (AvgIpc) is 3.29. The number of hydrogen-bond donors (Lipinski definition) is 0. The van der Waals surface area contributed by atoms with E-state index in [1.807, 2.05) is 31.2 Å². The van der Waals surface area contributed by atoms with Crippen LogP contribution in [0.5, 0.6) is 0 Å². The molecule has 2 saturated heterocycles. The molecule has 2 aliphatic heterocycles. The fourth-order valence-electron chi connectivity index (χ4n) is 4.90. The molecule has 0 saturated carbocycles. The molecular formula is C27H36N2O2. The number of piperidine rings is 1. The average molecular weight is 421 g/mol. The fraction of sp³-hybridized carbons (Fsp3) is 0.519. The van der Waals surface area contributed by atoms with Gasteiger partial charge in [0.2, 0.25) is 0 Å². The van der Waals surface area contributed by atoms with Crippen molar-refractivity contribution >= 4 is 5.91 Å². The summed E-state index contributed by atoms with van der Waals surface area (Å²) in [6.07, 6.45) is 4.65. The van der Waals surface area contributed by atoms with E-state index < -0.39 is 0 Å². The van der Waals surface area contributed by atoms with Crippen molar-refractivity contribution in [3.63, 3.8) is 0 Å². The number of carbonyl (C=O) groups is 1. The summed E-state index contributed by atoms with van der Waals surface area (Å²) in [5.41, 5.74) is 4.73. The molecule has 1 amide bonds. The van der Waals surface area contributed by atoms with E-state index in [-0.39, 0.29) is 12.0 Å². The van der Waals surface area contributed by atoms with Crippen molar-refractivity contribution < 1.29 is 9.53 Å². The van der Waals surface area contributed by atoms with Gasteiger partial charge in [-0.2, -0.15) is 0 Å². The number of carbonyl (C=O) groups excluding carboxylic acids is 1.